The molecule has 1 saturated carbocycles. The molecule has 2 heterocycles. The molecule has 10 nitrogen and oxygen atoms in total. The Labute approximate surface area is 273 Å². The highest BCUT2D eigenvalue weighted by atomic mass is 32.2. The lowest BCUT2D eigenvalue weighted by Gasteiger charge is -2.38. The molecule has 5 rings (SSSR count). The quantitative estimate of drug-likeness (QED) is 0.339. The summed E-state index contributed by atoms with van der Waals surface area (Å²) >= 11 is 0. The smallest absolute Gasteiger partial charge is 0.407 e. The number of halogens is 3. The first-order valence-corrected chi connectivity index (χ1v) is 17.7. The molecule has 2 saturated heterocycles. The fourth-order valence-electron chi connectivity index (χ4n) is 7.33. The van der Waals surface area contributed by atoms with Gasteiger partial charge in [-0.25, -0.2) is 26.4 Å². The van der Waals surface area contributed by atoms with E-state index in [0.29, 0.717) is 37.9 Å². The van der Waals surface area contributed by atoms with E-state index >= 15 is 4.39 Å². The monoisotopic (exact) mass is 680 g/mol. The maximum atomic E-state index is 15.4. The summed E-state index contributed by atoms with van der Waals surface area (Å²) in [5, 5.41) is 8.73. The highest BCUT2D eigenvalue weighted by Crippen LogP contribution is 2.40. The van der Waals surface area contributed by atoms with Gasteiger partial charge in [0.1, 0.15) is 11.9 Å². The van der Waals surface area contributed by atoms with Crippen molar-refractivity contribution in [2.24, 2.45) is 5.92 Å². The van der Waals surface area contributed by atoms with Crippen molar-refractivity contribution in [1.82, 2.24) is 14.9 Å². The van der Waals surface area contributed by atoms with E-state index in [1.54, 1.807) is 19.2 Å². The largest absolute Gasteiger partial charge is 0.453 e. The van der Waals surface area contributed by atoms with Crippen LogP contribution in [0, 0.1) is 23.4 Å². The number of anilines is 1. The number of amides is 2. The van der Waals surface area contributed by atoms with Crippen LogP contribution in [0.3, 0.4) is 0 Å². The van der Waals surface area contributed by atoms with E-state index in [-0.39, 0.29) is 47.9 Å². The van der Waals surface area contributed by atoms with Crippen molar-refractivity contribution in [1.29, 1.82) is 0 Å². The molecule has 3 N–H and O–H groups in total. The molecule has 47 heavy (non-hydrogen) atoms. The van der Waals surface area contributed by atoms with Crippen LogP contribution >= 0.6 is 0 Å². The molecule has 3 fully saturated rings. The van der Waals surface area contributed by atoms with Crippen molar-refractivity contribution in [2.45, 2.75) is 81.5 Å². The SMILES string of the molecule is COC(=O)NC(C(=O)Nc1ccc(F)c(F)c1CCC1CNC2CCCS(=O)(=O)N1C2)C(c1ccc(F)cc1)C1CCC(OC)CC1. The predicted molar refractivity (Wildman–Crippen MR) is 170 cm³/mol. The van der Waals surface area contributed by atoms with Crippen LogP contribution in [-0.4, -0.2) is 82.0 Å². The average Bonchev–Trinajstić information content (AvgIpc) is 3.18. The number of fused-ring (bicyclic) bond motifs is 2. The molecule has 5 atom stereocenters. The van der Waals surface area contributed by atoms with Gasteiger partial charge in [0.2, 0.25) is 15.9 Å². The van der Waals surface area contributed by atoms with Gasteiger partial charge in [0, 0.05) is 49.5 Å². The van der Waals surface area contributed by atoms with E-state index in [1.807, 2.05) is 0 Å². The van der Waals surface area contributed by atoms with Crippen molar-refractivity contribution < 1.29 is 40.7 Å². The molecule has 0 aromatic heterocycles. The molecule has 2 aromatic rings. The number of hydrogen-bond acceptors (Lipinski definition) is 7. The molecule has 3 aliphatic rings. The number of sulfonamides is 1. The first-order chi connectivity index (χ1) is 22.5. The number of piperazine rings is 1. The van der Waals surface area contributed by atoms with Gasteiger partial charge in [-0.3, -0.25) is 4.79 Å². The number of ether oxygens (including phenoxy) is 2. The topological polar surface area (TPSA) is 126 Å². The molecule has 0 radical (unpaired) electrons. The first kappa shape index (κ1) is 35.1. The number of alkyl carbamates (subject to hydrolysis) is 1. The molecule has 2 aliphatic heterocycles. The summed E-state index contributed by atoms with van der Waals surface area (Å²) in [6.07, 6.45) is 3.39. The number of benzene rings is 2. The van der Waals surface area contributed by atoms with E-state index in [2.05, 4.69) is 16.0 Å². The summed E-state index contributed by atoms with van der Waals surface area (Å²) < 4.78 is 81.7. The summed E-state index contributed by atoms with van der Waals surface area (Å²) in [7, 11) is -0.688. The molecule has 1 aliphatic carbocycles. The van der Waals surface area contributed by atoms with E-state index < -0.39 is 57.5 Å². The lowest BCUT2D eigenvalue weighted by Crippen LogP contribution is -2.57. The van der Waals surface area contributed by atoms with Crippen molar-refractivity contribution in [3.8, 4) is 0 Å². The lowest BCUT2D eigenvalue weighted by atomic mass is 9.72. The Kier molecular flexibility index (Phi) is 11.5. The number of nitrogens with one attached hydrogen (secondary N) is 3. The number of carbonyl (C=O) groups excluding carboxylic acids is 2. The summed E-state index contributed by atoms with van der Waals surface area (Å²) in [5.74, 6) is -4.09. The molecule has 258 valence electrons. The average molecular weight is 681 g/mol. The summed E-state index contributed by atoms with van der Waals surface area (Å²) in [6, 6.07) is 6.24. The van der Waals surface area contributed by atoms with Crippen LogP contribution in [0.4, 0.5) is 23.7 Å². The highest BCUT2D eigenvalue weighted by Gasteiger charge is 2.40. The number of hydrogen-bond donors (Lipinski definition) is 3. The molecule has 14 heteroatoms. The zero-order valence-corrected chi connectivity index (χ0v) is 27.5. The summed E-state index contributed by atoms with van der Waals surface area (Å²) in [4.78, 5) is 26.7. The van der Waals surface area contributed by atoms with E-state index in [1.165, 1.54) is 29.6 Å². The van der Waals surface area contributed by atoms with Gasteiger partial charge in [0.25, 0.3) is 0 Å². The first-order valence-electron chi connectivity index (χ1n) is 16.1. The van der Waals surface area contributed by atoms with Crippen molar-refractivity contribution in [3.63, 3.8) is 0 Å². The third-order valence-corrected chi connectivity index (χ3v) is 11.8. The Morgan fingerprint density at radius 3 is 2.43 bits per heavy atom. The van der Waals surface area contributed by atoms with Crippen LogP contribution in [-0.2, 0) is 30.7 Å². The van der Waals surface area contributed by atoms with Crippen LogP contribution in [0.25, 0.3) is 0 Å². The van der Waals surface area contributed by atoms with Crippen LogP contribution in [0.5, 0.6) is 0 Å². The highest BCUT2D eigenvalue weighted by molar-refractivity contribution is 7.89. The third kappa shape index (κ3) is 8.27. The Balaban J connectivity index is 1.43. The second kappa shape index (κ2) is 15.3. The van der Waals surface area contributed by atoms with Gasteiger partial charge in [-0.2, -0.15) is 4.31 Å². The van der Waals surface area contributed by atoms with Crippen LogP contribution < -0.4 is 16.0 Å². The molecule has 2 bridgehead atoms. The lowest BCUT2D eigenvalue weighted by molar-refractivity contribution is -0.119. The number of carbonyl (C=O) groups is 2. The fraction of sp³-hybridized carbons (Fsp3) is 0.576. The maximum absolute atomic E-state index is 15.4. The minimum absolute atomic E-state index is 0.00637. The third-order valence-electron chi connectivity index (χ3n) is 9.86. The number of nitrogens with zero attached hydrogens (tertiary/aromatic N) is 1. The Morgan fingerprint density at radius 2 is 1.74 bits per heavy atom. The van der Waals surface area contributed by atoms with Gasteiger partial charge in [0.05, 0.1) is 19.0 Å². The Hall–Kier alpha value is -3.20. The normalized spacial score (nSPS) is 26.8. The standard InChI is InChI=1S/C33H43F3N4O6S/c1-45-25-12-7-21(8-13-25)29(20-5-9-22(34)10-6-20)31(39-33(42)46-2)32(41)38-28-16-15-27(35)30(36)26(28)14-11-24-18-37-23-4-3-17-47(43,44)40(24)19-23/h5-6,9-10,15-16,21,23-25,29,31,37H,3-4,7-8,11-14,17-19H2,1-2H3,(H,38,41)(H,39,42). The molecule has 0 spiro atoms. The van der Waals surface area contributed by atoms with Crippen LogP contribution in [0.15, 0.2) is 36.4 Å². The fourth-order valence-corrected chi connectivity index (χ4v) is 9.14. The minimum atomic E-state index is -3.50. The van der Waals surface area contributed by atoms with Gasteiger partial charge in [0.15, 0.2) is 11.6 Å². The Morgan fingerprint density at radius 1 is 1.02 bits per heavy atom. The van der Waals surface area contributed by atoms with Crippen LogP contribution in [0.1, 0.15) is 62.0 Å². The molecular formula is C33H43F3N4O6S. The molecular weight excluding hydrogens is 637 g/mol. The van der Waals surface area contributed by atoms with Crippen molar-refractivity contribution in [3.05, 3.63) is 65.0 Å². The second-order valence-corrected chi connectivity index (χ2v) is 14.7. The van der Waals surface area contributed by atoms with Gasteiger partial charge in [-0.05, 0) is 87.1 Å². The Bertz CT molecular complexity index is 1520. The molecule has 5 unspecified atom stereocenters. The van der Waals surface area contributed by atoms with Crippen molar-refractivity contribution in [2.75, 3.05) is 38.4 Å². The zero-order valence-electron chi connectivity index (χ0n) is 26.6. The molecule has 2 amide bonds. The maximum Gasteiger partial charge on any atom is 0.407 e. The van der Waals surface area contributed by atoms with Gasteiger partial charge < -0.3 is 25.4 Å². The van der Waals surface area contributed by atoms with E-state index in [0.717, 1.165) is 25.3 Å². The number of rotatable bonds is 10. The second-order valence-electron chi connectivity index (χ2n) is 12.7. The van der Waals surface area contributed by atoms with Crippen LogP contribution in [0.2, 0.25) is 0 Å². The van der Waals surface area contributed by atoms with Gasteiger partial charge >= 0.3 is 6.09 Å². The number of methoxy groups -OCH3 is 2. The van der Waals surface area contributed by atoms with Crippen molar-refractivity contribution >= 4 is 27.7 Å². The van der Waals surface area contributed by atoms with Gasteiger partial charge in [-0.1, -0.05) is 12.1 Å². The predicted octanol–water partition coefficient (Wildman–Crippen LogP) is 4.45. The van der Waals surface area contributed by atoms with E-state index in [4.69, 9.17) is 9.47 Å². The molecule has 2 aromatic carbocycles. The summed E-state index contributed by atoms with van der Waals surface area (Å²) in [6.45, 7) is 0.693. The van der Waals surface area contributed by atoms with E-state index in [9.17, 15) is 26.8 Å². The summed E-state index contributed by atoms with van der Waals surface area (Å²) in [5.41, 5.74) is 0.520. The van der Waals surface area contributed by atoms with Gasteiger partial charge in [-0.15, -0.1) is 0 Å². The minimum Gasteiger partial charge on any atom is -0.453 e. The zero-order chi connectivity index (χ0) is 33.7.